The molecule has 1 aromatic heterocycles. The number of rotatable bonds is 7. The number of hydrogen-bond donors (Lipinski definition) is 0. The van der Waals surface area contributed by atoms with E-state index in [1.807, 2.05) is 24.3 Å². The summed E-state index contributed by atoms with van der Waals surface area (Å²) in [7, 11) is 0. The fourth-order valence-corrected chi connectivity index (χ4v) is 4.10. The van der Waals surface area contributed by atoms with Gasteiger partial charge in [0.1, 0.15) is 5.25 Å². The molecule has 2 aromatic carbocycles. The molecule has 0 saturated heterocycles. The molecule has 0 radical (unpaired) electrons. The lowest BCUT2D eigenvalue weighted by Gasteiger charge is -2.10. The van der Waals surface area contributed by atoms with Gasteiger partial charge in [-0.15, -0.1) is 23.1 Å². The minimum atomic E-state index is -0.450. The molecule has 26 heavy (non-hydrogen) atoms. The first-order chi connectivity index (χ1) is 12.5. The van der Waals surface area contributed by atoms with E-state index in [0.29, 0.717) is 6.42 Å². The van der Waals surface area contributed by atoms with Crippen LogP contribution in [0.5, 0.6) is 0 Å². The number of esters is 1. The third-order valence-electron chi connectivity index (χ3n) is 3.59. The van der Waals surface area contributed by atoms with Crippen molar-refractivity contribution in [3.8, 4) is 0 Å². The molecule has 0 amide bonds. The van der Waals surface area contributed by atoms with Crippen molar-refractivity contribution in [1.82, 2.24) is 4.98 Å². The number of thioether (sulfide) groups is 1. The van der Waals surface area contributed by atoms with Crippen LogP contribution in [0.4, 0.5) is 5.69 Å². The van der Waals surface area contributed by atoms with E-state index in [2.05, 4.69) is 4.98 Å². The van der Waals surface area contributed by atoms with Gasteiger partial charge in [0.15, 0.2) is 0 Å². The van der Waals surface area contributed by atoms with Crippen molar-refractivity contribution in [3.63, 3.8) is 0 Å². The summed E-state index contributed by atoms with van der Waals surface area (Å²) in [6.45, 7) is 2.04. The third kappa shape index (κ3) is 4.59. The van der Waals surface area contributed by atoms with Gasteiger partial charge in [0.05, 0.1) is 26.8 Å². The molecule has 0 fully saturated rings. The van der Waals surface area contributed by atoms with Gasteiger partial charge in [-0.25, -0.2) is 4.98 Å². The average molecular weight is 388 g/mol. The average Bonchev–Trinajstić information content (AvgIpc) is 3.04. The summed E-state index contributed by atoms with van der Waals surface area (Å²) in [5.74, 6) is -0.311. The van der Waals surface area contributed by atoms with Crippen LogP contribution in [0.1, 0.15) is 11.9 Å². The van der Waals surface area contributed by atoms with Gasteiger partial charge < -0.3 is 4.74 Å². The molecular weight excluding hydrogens is 372 g/mol. The minimum Gasteiger partial charge on any atom is -0.464 e. The summed E-state index contributed by atoms with van der Waals surface area (Å²) in [6, 6.07) is 14.0. The Balaban J connectivity index is 1.48. The number of thiazole rings is 1. The number of carbonyl (C=O) groups is 1. The fourth-order valence-electron chi connectivity index (χ4n) is 2.28. The number of hydrogen-bond acceptors (Lipinski definition) is 7. The van der Waals surface area contributed by atoms with E-state index in [9.17, 15) is 14.9 Å². The first-order valence-corrected chi connectivity index (χ1v) is 9.65. The number of benzene rings is 2. The van der Waals surface area contributed by atoms with Gasteiger partial charge in [0.25, 0.3) is 5.69 Å². The highest BCUT2D eigenvalue weighted by atomic mass is 32.2. The maximum atomic E-state index is 12.1. The zero-order chi connectivity index (χ0) is 18.5. The van der Waals surface area contributed by atoms with Crippen LogP contribution >= 0.6 is 23.1 Å². The van der Waals surface area contributed by atoms with Gasteiger partial charge in [0, 0.05) is 23.4 Å². The Morgan fingerprint density at radius 2 is 2.00 bits per heavy atom. The van der Waals surface area contributed by atoms with Crippen LogP contribution in [-0.2, 0) is 16.0 Å². The first-order valence-electron chi connectivity index (χ1n) is 7.95. The molecule has 0 aliphatic carbocycles. The van der Waals surface area contributed by atoms with E-state index in [1.54, 1.807) is 30.4 Å². The van der Waals surface area contributed by atoms with E-state index in [1.165, 1.54) is 23.9 Å². The van der Waals surface area contributed by atoms with Crippen LogP contribution in [0.25, 0.3) is 10.2 Å². The summed E-state index contributed by atoms with van der Waals surface area (Å²) >= 11 is 2.91. The van der Waals surface area contributed by atoms with Crippen molar-refractivity contribution in [2.24, 2.45) is 0 Å². The van der Waals surface area contributed by atoms with Crippen LogP contribution < -0.4 is 0 Å². The van der Waals surface area contributed by atoms with Crippen LogP contribution in [0.3, 0.4) is 0 Å². The third-order valence-corrected chi connectivity index (χ3v) is 5.78. The van der Waals surface area contributed by atoms with Gasteiger partial charge in [0.2, 0.25) is 0 Å². The molecule has 3 rings (SSSR count). The Morgan fingerprint density at radius 1 is 1.27 bits per heavy atom. The second-order valence-electron chi connectivity index (χ2n) is 5.50. The molecule has 0 aliphatic rings. The van der Waals surface area contributed by atoms with Crippen molar-refractivity contribution in [1.29, 1.82) is 0 Å². The zero-order valence-corrected chi connectivity index (χ0v) is 15.6. The molecule has 1 unspecified atom stereocenters. The Labute approximate surface area is 158 Å². The van der Waals surface area contributed by atoms with Crippen molar-refractivity contribution < 1.29 is 14.5 Å². The van der Waals surface area contributed by atoms with Crippen molar-refractivity contribution in [2.75, 3.05) is 6.61 Å². The van der Waals surface area contributed by atoms with E-state index >= 15 is 0 Å². The molecule has 0 spiro atoms. The zero-order valence-electron chi connectivity index (χ0n) is 14.0. The highest BCUT2D eigenvalue weighted by Gasteiger charge is 2.17. The summed E-state index contributed by atoms with van der Waals surface area (Å²) < 4.78 is 6.46. The molecule has 0 bridgehead atoms. The molecule has 134 valence electrons. The number of carbonyl (C=O) groups excluding carboxylic acids is 1. The number of aromatic nitrogens is 1. The predicted molar refractivity (Wildman–Crippen MR) is 103 cm³/mol. The van der Waals surface area contributed by atoms with Gasteiger partial charge in [-0.05, 0) is 31.2 Å². The number of nitro groups is 1. The van der Waals surface area contributed by atoms with Crippen LogP contribution in [-0.4, -0.2) is 27.7 Å². The van der Waals surface area contributed by atoms with Crippen LogP contribution in [0.2, 0.25) is 0 Å². The second kappa shape index (κ2) is 8.29. The molecule has 0 saturated carbocycles. The summed E-state index contributed by atoms with van der Waals surface area (Å²) in [6.07, 6.45) is 0.583. The highest BCUT2D eigenvalue weighted by Crippen LogP contribution is 2.26. The van der Waals surface area contributed by atoms with E-state index in [0.717, 1.165) is 20.1 Å². The Morgan fingerprint density at radius 3 is 2.69 bits per heavy atom. The van der Waals surface area contributed by atoms with Crippen molar-refractivity contribution in [2.45, 2.75) is 23.5 Å². The van der Waals surface area contributed by atoms with E-state index in [4.69, 9.17) is 4.74 Å². The van der Waals surface area contributed by atoms with Crippen LogP contribution in [0.15, 0.2) is 53.4 Å². The molecular formula is C18H16N2O4S2. The van der Waals surface area contributed by atoms with E-state index < -0.39 is 10.2 Å². The van der Waals surface area contributed by atoms with Gasteiger partial charge >= 0.3 is 5.97 Å². The molecule has 0 aliphatic heterocycles. The molecule has 8 heteroatoms. The van der Waals surface area contributed by atoms with Gasteiger partial charge in [-0.2, -0.15) is 0 Å². The Hall–Kier alpha value is -2.45. The molecule has 1 heterocycles. The number of nitro benzene ring substituents is 1. The van der Waals surface area contributed by atoms with E-state index in [-0.39, 0.29) is 18.3 Å². The summed E-state index contributed by atoms with van der Waals surface area (Å²) in [4.78, 5) is 27.6. The lowest BCUT2D eigenvalue weighted by molar-refractivity contribution is -0.384. The lowest BCUT2D eigenvalue weighted by atomic mass is 10.3. The summed E-state index contributed by atoms with van der Waals surface area (Å²) in [5, 5.41) is 11.2. The molecule has 6 nitrogen and oxygen atoms in total. The largest absolute Gasteiger partial charge is 0.464 e. The Bertz CT molecular complexity index is 891. The van der Waals surface area contributed by atoms with Crippen LogP contribution in [0, 0.1) is 10.1 Å². The molecule has 0 N–H and O–H groups in total. The lowest BCUT2D eigenvalue weighted by Crippen LogP contribution is -2.18. The maximum absolute atomic E-state index is 12.1. The number of ether oxygens (including phenoxy) is 1. The first kappa shape index (κ1) is 18.3. The summed E-state index contributed by atoms with van der Waals surface area (Å²) in [5.41, 5.74) is 0.987. The standard InChI is InChI=1S/C18H16N2O4S2/c1-12(25-14-8-6-13(7-9-14)20(22)23)18(21)24-11-10-17-19-15-4-2-3-5-16(15)26-17/h2-9,12H,10-11H2,1H3. The number of non-ortho nitro benzene ring substituents is 1. The fraction of sp³-hybridized carbons (Fsp3) is 0.222. The minimum absolute atomic E-state index is 0.0282. The second-order valence-corrected chi connectivity index (χ2v) is 8.03. The smallest absolute Gasteiger partial charge is 0.319 e. The molecule has 1 atom stereocenters. The van der Waals surface area contributed by atoms with Crippen molar-refractivity contribution >= 4 is 45.0 Å². The number of nitrogens with zero attached hydrogens (tertiary/aromatic N) is 2. The molecule has 3 aromatic rings. The number of para-hydroxylation sites is 1. The maximum Gasteiger partial charge on any atom is 0.319 e. The monoisotopic (exact) mass is 388 g/mol. The predicted octanol–water partition coefficient (Wildman–Crippen LogP) is 4.47. The van der Waals surface area contributed by atoms with Gasteiger partial charge in [-0.1, -0.05) is 12.1 Å². The highest BCUT2D eigenvalue weighted by molar-refractivity contribution is 8.00. The van der Waals surface area contributed by atoms with Crippen molar-refractivity contribution in [3.05, 3.63) is 63.7 Å². The number of fused-ring (bicyclic) bond motifs is 1. The quantitative estimate of drug-likeness (QED) is 0.257. The Kier molecular flexibility index (Phi) is 5.85. The SMILES string of the molecule is CC(Sc1ccc([N+](=O)[O-])cc1)C(=O)OCCc1nc2ccccc2s1. The van der Waals surface area contributed by atoms with Gasteiger partial charge in [-0.3, -0.25) is 14.9 Å². The topological polar surface area (TPSA) is 82.3 Å². The normalized spacial score (nSPS) is 12.0.